The minimum atomic E-state index is -0.931. The molecule has 1 aromatic heterocycles. The van der Waals surface area contributed by atoms with Crippen molar-refractivity contribution < 1.29 is 19.7 Å². The summed E-state index contributed by atoms with van der Waals surface area (Å²) in [6.45, 7) is -0.245. The number of aliphatic hydroxyl groups excluding tert-OH is 2. The van der Waals surface area contributed by atoms with E-state index in [2.05, 4.69) is 4.98 Å². The highest BCUT2D eigenvalue weighted by atomic mass is 35.5. The fraction of sp³-hybridized carbons (Fsp3) is 0.462. The first-order valence-corrected chi connectivity index (χ1v) is 7.11. The third-order valence-electron chi connectivity index (χ3n) is 3.65. The molecule has 1 saturated heterocycles. The second-order valence-electron chi connectivity index (χ2n) is 4.85. The average molecular weight is 333 g/mol. The minimum absolute atomic E-state index is 0.245. The van der Waals surface area contributed by atoms with Crippen molar-refractivity contribution in [2.75, 3.05) is 13.7 Å². The van der Waals surface area contributed by atoms with Gasteiger partial charge in [0.1, 0.15) is 18.3 Å². The Hall–Kier alpha value is -0.890. The van der Waals surface area contributed by atoms with Crippen LogP contribution in [0.4, 0.5) is 0 Å². The Labute approximate surface area is 130 Å². The summed E-state index contributed by atoms with van der Waals surface area (Å²) >= 11 is 12.0. The highest BCUT2D eigenvalue weighted by molar-refractivity contribution is 6.42. The van der Waals surface area contributed by atoms with Crippen LogP contribution in [0.25, 0.3) is 11.0 Å². The number of benzene rings is 1. The predicted molar refractivity (Wildman–Crippen MR) is 77.6 cm³/mol. The maximum atomic E-state index is 10.3. The van der Waals surface area contributed by atoms with E-state index in [0.29, 0.717) is 21.1 Å². The molecule has 1 aromatic carbocycles. The maximum absolute atomic E-state index is 10.3. The summed E-state index contributed by atoms with van der Waals surface area (Å²) in [5.74, 6) is 0. The molecule has 1 fully saturated rings. The molecule has 1 aliphatic heterocycles. The van der Waals surface area contributed by atoms with Gasteiger partial charge < -0.3 is 24.3 Å². The van der Waals surface area contributed by atoms with Gasteiger partial charge in [0, 0.05) is 7.11 Å². The van der Waals surface area contributed by atoms with Crippen LogP contribution in [-0.4, -0.2) is 51.8 Å². The molecule has 0 bridgehead atoms. The van der Waals surface area contributed by atoms with E-state index in [4.69, 9.17) is 32.7 Å². The number of methoxy groups -OCH3 is 1. The zero-order chi connectivity index (χ0) is 15.1. The van der Waals surface area contributed by atoms with Gasteiger partial charge in [0.05, 0.1) is 34.0 Å². The van der Waals surface area contributed by atoms with Crippen molar-refractivity contribution in [2.24, 2.45) is 0 Å². The standard InChI is InChI=1S/C13H14Cl2N2O4/c1-20-12-10(4-18)21-13(11(12)19)17-5-16-8-2-6(14)7(15)3-9(8)17/h2-3,5,10-13,18-19H,4H2,1H3/t10-,11-,12-,13-/m1/s1. The second-order valence-corrected chi connectivity index (χ2v) is 5.66. The van der Waals surface area contributed by atoms with Gasteiger partial charge >= 0.3 is 0 Å². The molecule has 0 radical (unpaired) electrons. The van der Waals surface area contributed by atoms with Crippen LogP contribution in [-0.2, 0) is 9.47 Å². The van der Waals surface area contributed by atoms with Crippen molar-refractivity contribution in [3.63, 3.8) is 0 Å². The number of aliphatic hydroxyl groups is 2. The number of halogens is 2. The largest absolute Gasteiger partial charge is 0.394 e. The van der Waals surface area contributed by atoms with Crippen LogP contribution in [0.5, 0.6) is 0 Å². The van der Waals surface area contributed by atoms with Gasteiger partial charge in [-0.15, -0.1) is 0 Å². The number of hydrogen-bond donors (Lipinski definition) is 2. The van der Waals surface area contributed by atoms with E-state index in [0.717, 1.165) is 0 Å². The molecule has 114 valence electrons. The van der Waals surface area contributed by atoms with Crippen LogP contribution in [0.2, 0.25) is 10.0 Å². The molecule has 6 nitrogen and oxygen atoms in total. The molecule has 0 aliphatic carbocycles. The SMILES string of the molecule is CO[C@H]1[C@@H](O)[C@H](n2cnc3cc(Cl)c(Cl)cc32)O[C@@H]1CO. The number of aromatic nitrogens is 2. The van der Waals surface area contributed by atoms with Gasteiger partial charge in [-0.25, -0.2) is 4.98 Å². The van der Waals surface area contributed by atoms with E-state index in [1.54, 1.807) is 16.7 Å². The van der Waals surface area contributed by atoms with Gasteiger partial charge in [-0.05, 0) is 12.1 Å². The van der Waals surface area contributed by atoms with Gasteiger partial charge in [0.2, 0.25) is 0 Å². The van der Waals surface area contributed by atoms with Crippen molar-refractivity contribution in [3.8, 4) is 0 Å². The predicted octanol–water partition coefficient (Wildman–Crippen LogP) is 1.61. The van der Waals surface area contributed by atoms with Crippen LogP contribution in [0, 0.1) is 0 Å². The Balaban J connectivity index is 2.03. The Morgan fingerprint density at radius 3 is 2.71 bits per heavy atom. The van der Waals surface area contributed by atoms with Gasteiger partial charge in [0.15, 0.2) is 6.23 Å². The third-order valence-corrected chi connectivity index (χ3v) is 4.37. The van der Waals surface area contributed by atoms with Crippen LogP contribution < -0.4 is 0 Å². The quantitative estimate of drug-likeness (QED) is 0.892. The molecule has 2 N–H and O–H groups in total. The van der Waals surface area contributed by atoms with Gasteiger partial charge in [-0.2, -0.15) is 0 Å². The fourth-order valence-electron chi connectivity index (χ4n) is 2.61. The first-order valence-electron chi connectivity index (χ1n) is 6.35. The van der Waals surface area contributed by atoms with E-state index in [-0.39, 0.29) is 6.61 Å². The molecule has 3 rings (SSSR count). The fourth-order valence-corrected chi connectivity index (χ4v) is 2.93. The monoisotopic (exact) mass is 332 g/mol. The van der Waals surface area contributed by atoms with Crippen molar-refractivity contribution >= 4 is 34.2 Å². The van der Waals surface area contributed by atoms with Crippen molar-refractivity contribution in [3.05, 3.63) is 28.5 Å². The molecule has 0 spiro atoms. The zero-order valence-electron chi connectivity index (χ0n) is 11.1. The van der Waals surface area contributed by atoms with E-state index < -0.39 is 24.5 Å². The lowest BCUT2D eigenvalue weighted by Gasteiger charge is -2.18. The third kappa shape index (κ3) is 2.42. The van der Waals surface area contributed by atoms with E-state index >= 15 is 0 Å². The van der Waals surface area contributed by atoms with Crippen LogP contribution in [0.15, 0.2) is 18.5 Å². The number of fused-ring (bicyclic) bond motifs is 1. The van der Waals surface area contributed by atoms with Crippen molar-refractivity contribution in [2.45, 2.75) is 24.5 Å². The summed E-state index contributed by atoms with van der Waals surface area (Å²) in [6.07, 6.45) is -1.32. The Kier molecular flexibility index (Phi) is 4.09. The molecule has 2 heterocycles. The van der Waals surface area contributed by atoms with E-state index in [1.165, 1.54) is 13.4 Å². The second kappa shape index (κ2) is 5.72. The summed E-state index contributed by atoms with van der Waals surface area (Å²) in [5, 5.41) is 20.4. The molecule has 1 aliphatic rings. The molecule has 4 atom stereocenters. The summed E-state index contributed by atoms with van der Waals surface area (Å²) in [7, 11) is 1.46. The summed E-state index contributed by atoms with van der Waals surface area (Å²) in [4.78, 5) is 4.23. The van der Waals surface area contributed by atoms with E-state index in [9.17, 15) is 10.2 Å². The molecular weight excluding hydrogens is 319 g/mol. The molecule has 0 unspecified atom stereocenters. The van der Waals surface area contributed by atoms with Crippen molar-refractivity contribution in [1.82, 2.24) is 9.55 Å². The van der Waals surface area contributed by atoms with Crippen LogP contribution in [0.1, 0.15) is 6.23 Å². The molecule has 2 aromatic rings. The van der Waals surface area contributed by atoms with Gasteiger partial charge in [-0.3, -0.25) is 0 Å². The maximum Gasteiger partial charge on any atom is 0.164 e. The highest BCUT2D eigenvalue weighted by Crippen LogP contribution is 2.35. The average Bonchev–Trinajstić information content (AvgIpc) is 3.00. The lowest BCUT2D eigenvalue weighted by Crippen LogP contribution is -2.35. The molecule has 21 heavy (non-hydrogen) atoms. The van der Waals surface area contributed by atoms with Crippen molar-refractivity contribution in [1.29, 1.82) is 0 Å². The van der Waals surface area contributed by atoms with Crippen LogP contribution >= 0.6 is 23.2 Å². The Morgan fingerprint density at radius 1 is 1.38 bits per heavy atom. The molecule has 0 saturated carbocycles. The van der Waals surface area contributed by atoms with Crippen LogP contribution in [0.3, 0.4) is 0 Å². The molecule has 0 amide bonds. The highest BCUT2D eigenvalue weighted by Gasteiger charge is 2.45. The first-order chi connectivity index (χ1) is 10.1. The topological polar surface area (TPSA) is 76.7 Å². The Bertz CT molecular complexity index is 663. The lowest BCUT2D eigenvalue weighted by atomic mass is 10.1. The summed E-state index contributed by atoms with van der Waals surface area (Å²) in [6, 6.07) is 3.31. The normalized spacial score (nSPS) is 29.4. The first kappa shape index (κ1) is 15.0. The number of nitrogens with zero attached hydrogens (tertiary/aromatic N) is 2. The Morgan fingerprint density at radius 2 is 2.10 bits per heavy atom. The number of ether oxygens (including phenoxy) is 2. The lowest BCUT2D eigenvalue weighted by molar-refractivity contribution is -0.0534. The molecular formula is C13H14Cl2N2O4. The minimum Gasteiger partial charge on any atom is -0.394 e. The zero-order valence-corrected chi connectivity index (χ0v) is 12.6. The molecule has 8 heteroatoms. The number of imidazole rings is 1. The smallest absolute Gasteiger partial charge is 0.164 e. The summed E-state index contributed by atoms with van der Waals surface area (Å²) in [5.41, 5.74) is 1.32. The number of hydrogen-bond acceptors (Lipinski definition) is 5. The van der Waals surface area contributed by atoms with Gasteiger partial charge in [-0.1, -0.05) is 23.2 Å². The number of rotatable bonds is 3. The van der Waals surface area contributed by atoms with E-state index in [1.807, 2.05) is 0 Å². The summed E-state index contributed by atoms with van der Waals surface area (Å²) < 4.78 is 12.5. The van der Waals surface area contributed by atoms with Gasteiger partial charge in [0.25, 0.3) is 0 Å².